The highest BCUT2D eigenvalue weighted by Crippen LogP contribution is 2.24. The van der Waals surface area contributed by atoms with Crippen LogP contribution in [-0.4, -0.2) is 17.7 Å². The molecular formula is C24H23ClN2O2S. The number of rotatable bonds is 6. The van der Waals surface area contributed by atoms with E-state index in [1.807, 2.05) is 24.3 Å². The van der Waals surface area contributed by atoms with E-state index in [2.05, 4.69) is 47.9 Å². The summed E-state index contributed by atoms with van der Waals surface area (Å²) in [5.74, 6) is -0.466. The monoisotopic (exact) mass is 438 g/mol. The normalized spacial score (nSPS) is 11.4. The highest BCUT2D eigenvalue weighted by molar-refractivity contribution is 7.80. The van der Waals surface area contributed by atoms with Gasteiger partial charge in [0.25, 0.3) is 0 Å². The zero-order valence-electron chi connectivity index (χ0n) is 16.8. The third kappa shape index (κ3) is 5.59. The summed E-state index contributed by atoms with van der Waals surface area (Å²) in [4.78, 5) is 12.1. The third-order valence-electron chi connectivity index (χ3n) is 4.50. The minimum absolute atomic E-state index is 0.122. The van der Waals surface area contributed by atoms with Gasteiger partial charge in [-0.05, 0) is 55.4 Å². The maximum absolute atomic E-state index is 12.1. The molecule has 154 valence electrons. The largest absolute Gasteiger partial charge is 0.462 e. The molecule has 0 aromatic heterocycles. The molecule has 3 aromatic rings. The summed E-state index contributed by atoms with van der Waals surface area (Å²) >= 11 is 11.7. The summed E-state index contributed by atoms with van der Waals surface area (Å²) in [5.41, 5.74) is 4.32. The Hall–Kier alpha value is -2.89. The fourth-order valence-corrected chi connectivity index (χ4v) is 3.55. The van der Waals surface area contributed by atoms with Gasteiger partial charge in [-0.1, -0.05) is 71.8 Å². The van der Waals surface area contributed by atoms with E-state index in [9.17, 15) is 4.79 Å². The van der Waals surface area contributed by atoms with Crippen LogP contribution in [0.15, 0.2) is 72.8 Å². The Bertz CT molecular complexity index is 1040. The molecule has 1 atom stereocenters. The second-order valence-electron chi connectivity index (χ2n) is 6.77. The van der Waals surface area contributed by atoms with Crippen molar-refractivity contribution in [2.24, 2.45) is 0 Å². The van der Waals surface area contributed by atoms with Gasteiger partial charge < -0.3 is 15.4 Å². The second kappa shape index (κ2) is 10.2. The number of hydrogen-bond acceptors (Lipinski definition) is 3. The second-order valence-corrected chi connectivity index (χ2v) is 7.59. The van der Waals surface area contributed by atoms with Gasteiger partial charge in [-0.2, -0.15) is 0 Å². The van der Waals surface area contributed by atoms with Crippen molar-refractivity contribution < 1.29 is 9.53 Å². The van der Waals surface area contributed by atoms with Gasteiger partial charge in [0.05, 0.1) is 23.2 Å². The first-order valence-corrected chi connectivity index (χ1v) is 10.4. The predicted octanol–water partition coefficient (Wildman–Crippen LogP) is 5.90. The number of carbonyl (C=O) groups excluding carboxylic acids is 1. The van der Waals surface area contributed by atoms with Gasteiger partial charge in [0.1, 0.15) is 0 Å². The van der Waals surface area contributed by atoms with Gasteiger partial charge in [-0.15, -0.1) is 0 Å². The molecule has 0 heterocycles. The van der Waals surface area contributed by atoms with Crippen molar-refractivity contribution in [3.8, 4) is 0 Å². The van der Waals surface area contributed by atoms with Crippen LogP contribution in [0.25, 0.3) is 0 Å². The van der Waals surface area contributed by atoms with Gasteiger partial charge in [0, 0.05) is 5.69 Å². The van der Waals surface area contributed by atoms with E-state index in [0.717, 1.165) is 11.1 Å². The summed E-state index contributed by atoms with van der Waals surface area (Å²) in [6.07, 6.45) is 0. The van der Waals surface area contributed by atoms with Crippen molar-refractivity contribution >= 4 is 40.6 Å². The average Bonchev–Trinajstić information content (AvgIpc) is 2.74. The Morgan fingerprint density at radius 2 is 1.77 bits per heavy atom. The molecule has 6 heteroatoms. The highest BCUT2D eigenvalue weighted by Gasteiger charge is 2.17. The number of thiocarbonyl (C=S) groups is 1. The summed E-state index contributed by atoms with van der Waals surface area (Å²) in [6.45, 7) is 4.09. The molecule has 3 aromatic carbocycles. The molecular weight excluding hydrogens is 416 g/mol. The quantitative estimate of drug-likeness (QED) is 0.370. The SMILES string of the molecule is CCOC(=O)c1cc(NC(=S)NC(c2ccccc2)c2cccc(C)c2)ccc1Cl. The number of benzene rings is 3. The molecule has 0 aliphatic heterocycles. The molecule has 3 rings (SSSR count). The van der Waals surface area contributed by atoms with Crippen LogP contribution >= 0.6 is 23.8 Å². The molecule has 0 saturated heterocycles. The van der Waals surface area contributed by atoms with Crippen molar-refractivity contribution in [3.05, 3.63) is 100 Å². The van der Waals surface area contributed by atoms with Crippen LogP contribution in [0, 0.1) is 6.92 Å². The first-order valence-electron chi connectivity index (χ1n) is 9.63. The van der Waals surface area contributed by atoms with E-state index in [1.165, 1.54) is 5.56 Å². The van der Waals surface area contributed by atoms with Crippen molar-refractivity contribution in [2.75, 3.05) is 11.9 Å². The fraction of sp³-hybridized carbons (Fsp3) is 0.167. The Balaban J connectivity index is 1.82. The third-order valence-corrected chi connectivity index (χ3v) is 5.05. The van der Waals surface area contributed by atoms with Gasteiger partial charge in [-0.25, -0.2) is 4.79 Å². The molecule has 0 saturated carbocycles. The Kier molecular flexibility index (Phi) is 7.44. The topological polar surface area (TPSA) is 50.4 Å². The van der Waals surface area contributed by atoms with Gasteiger partial charge in [-0.3, -0.25) is 0 Å². The number of aryl methyl sites for hydroxylation is 1. The van der Waals surface area contributed by atoms with Crippen LogP contribution in [0.3, 0.4) is 0 Å². The lowest BCUT2D eigenvalue weighted by atomic mass is 9.97. The standard InChI is InChI=1S/C24H23ClN2O2S/c1-3-29-23(28)20-15-19(12-13-21(20)25)26-24(30)27-22(17-9-5-4-6-10-17)18-11-7-8-16(2)14-18/h4-15,22H,3H2,1-2H3,(H2,26,27,30). The number of ether oxygens (including phenoxy) is 1. The number of esters is 1. The minimum atomic E-state index is -0.466. The zero-order chi connectivity index (χ0) is 21.5. The summed E-state index contributed by atoms with van der Waals surface area (Å²) in [7, 11) is 0. The molecule has 0 aliphatic carbocycles. The highest BCUT2D eigenvalue weighted by atomic mass is 35.5. The first kappa shape index (κ1) is 21.8. The molecule has 0 fully saturated rings. The smallest absolute Gasteiger partial charge is 0.339 e. The zero-order valence-corrected chi connectivity index (χ0v) is 18.4. The summed E-state index contributed by atoms with van der Waals surface area (Å²) in [5, 5.41) is 7.30. The molecule has 4 nitrogen and oxygen atoms in total. The van der Waals surface area contributed by atoms with Crippen LogP contribution in [0.4, 0.5) is 5.69 Å². The average molecular weight is 439 g/mol. The number of hydrogen-bond donors (Lipinski definition) is 2. The molecule has 0 aliphatic rings. The molecule has 0 radical (unpaired) electrons. The lowest BCUT2D eigenvalue weighted by molar-refractivity contribution is 0.0526. The van der Waals surface area contributed by atoms with E-state index >= 15 is 0 Å². The van der Waals surface area contributed by atoms with Crippen molar-refractivity contribution in [3.63, 3.8) is 0 Å². The number of anilines is 1. The van der Waals surface area contributed by atoms with E-state index < -0.39 is 5.97 Å². The van der Waals surface area contributed by atoms with E-state index in [4.69, 9.17) is 28.6 Å². The van der Waals surface area contributed by atoms with Crippen molar-refractivity contribution in [2.45, 2.75) is 19.9 Å². The predicted molar refractivity (Wildman–Crippen MR) is 126 cm³/mol. The van der Waals surface area contributed by atoms with E-state index in [-0.39, 0.29) is 12.6 Å². The lowest BCUT2D eigenvalue weighted by Crippen LogP contribution is -2.33. The van der Waals surface area contributed by atoms with Gasteiger partial charge in [0.15, 0.2) is 5.11 Å². The van der Waals surface area contributed by atoms with Crippen molar-refractivity contribution in [1.82, 2.24) is 5.32 Å². The summed E-state index contributed by atoms with van der Waals surface area (Å²) in [6, 6.07) is 23.3. The Morgan fingerprint density at radius 1 is 1.03 bits per heavy atom. The Morgan fingerprint density at radius 3 is 2.47 bits per heavy atom. The maximum Gasteiger partial charge on any atom is 0.339 e. The minimum Gasteiger partial charge on any atom is -0.462 e. The van der Waals surface area contributed by atoms with Crippen LogP contribution in [-0.2, 0) is 4.74 Å². The molecule has 2 N–H and O–H groups in total. The molecule has 0 bridgehead atoms. The maximum atomic E-state index is 12.1. The number of carbonyl (C=O) groups is 1. The number of nitrogens with one attached hydrogen (secondary N) is 2. The van der Waals surface area contributed by atoms with Crippen LogP contribution < -0.4 is 10.6 Å². The lowest BCUT2D eigenvalue weighted by Gasteiger charge is -2.22. The molecule has 1 unspecified atom stereocenters. The first-order chi connectivity index (χ1) is 14.5. The Labute approximate surface area is 187 Å². The number of halogens is 1. The van der Waals surface area contributed by atoms with E-state index in [1.54, 1.807) is 25.1 Å². The summed E-state index contributed by atoms with van der Waals surface area (Å²) < 4.78 is 5.06. The fourth-order valence-electron chi connectivity index (χ4n) is 3.12. The van der Waals surface area contributed by atoms with Gasteiger partial charge >= 0.3 is 5.97 Å². The van der Waals surface area contributed by atoms with E-state index in [0.29, 0.717) is 21.4 Å². The molecule has 0 amide bonds. The van der Waals surface area contributed by atoms with Crippen molar-refractivity contribution in [1.29, 1.82) is 0 Å². The van der Waals surface area contributed by atoms with Gasteiger partial charge in [0.2, 0.25) is 0 Å². The molecule has 30 heavy (non-hydrogen) atoms. The molecule has 0 spiro atoms. The van der Waals surface area contributed by atoms with Crippen LogP contribution in [0.2, 0.25) is 5.02 Å². The van der Waals surface area contributed by atoms with Crippen LogP contribution in [0.1, 0.15) is 40.0 Å². The van der Waals surface area contributed by atoms with Crippen LogP contribution in [0.5, 0.6) is 0 Å².